The molecule has 0 radical (unpaired) electrons. The number of thioether (sulfide) groups is 1. The highest BCUT2D eigenvalue weighted by Gasteiger charge is 2.24. The summed E-state index contributed by atoms with van der Waals surface area (Å²) < 4.78 is 11.3. The van der Waals surface area contributed by atoms with Crippen molar-refractivity contribution in [2.24, 2.45) is 4.99 Å². The second kappa shape index (κ2) is 10.00. The number of hydrogen-bond donors (Lipinski definition) is 1. The number of rotatable bonds is 5. The third kappa shape index (κ3) is 5.46. The summed E-state index contributed by atoms with van der Waals surface area (Å²) in [7, 11) is 1.29. The minimum absolute atomic E-state index is 0.213. The number of benzene rings is 2. The van der Waals surface area contributed by atoms with Gasteiger partial charge in [-0.15, -0.1) is 0 Å². The zero-order chi connectivity index (χ0) is 21.8. The molecule has 10 heteroatoms. The lowest BCUT2D eigenvalue weighted by Crippen LogP contribution is -2.19. The summed E-state index contributed by atoms with van der Waals surface area (Å²) in [5, 5.41) is 3.86. The Kier molecular flexibility index (Phi) is 7.62. The molecule has 1 aliphatic rings. The fourth-order valence-electron chi connectivity index (χ4n) is 2.45. The Balaban J connectivity index is 1.81. The topological polar surface area (TPSA) is 77.0 Å². The molecule has 0 atom stereocenters. The molecule has 0 unspecified atom stereocenters. The monoisotopic (exact) mass is 572 g/mol. The van der Waals surface area contributed by atoms with Crippen LogP contribution in [0.5, 0.6) is 5.75 Å². The molecule has 6 nitrogen and oxygen atoms in total. The van der Waals surface area contributed by atoms with Crippen LogP contribution < -0.4 is 10.1 Å². The Bertz CT molecular complexity index is 1070. The van der Waals surface area contributed by atoms with Crippen LogP contribution in [0.3, 0.4) is 0 Å². The predicted octanol–water partition coefficient (Wildman–Crippen LogP) is 5.62. The lowest BCUT2D eigenvalue weighted by atomic mass is 10.2. The van der Waals surface area contributed by atoms with E-state index in [2.05, 4.69) is 46.9 Å². The molecule has 2 aromatic carbocycles. The van der Waals surface area contributed by atoms with Crippen LogP contribution in [0.2, 0.25) is 5.02 Å². The number of carbonyl (C=O) groups excluding carboxylic acids is 2. The van der Waals surface area contributed by atoms with E-state index in [0.29, 0.717) is 35.5 Å². The fraction of sp³-hybridized carbons (Fsp3) is 0.150. The van der Waals surface area contributed by atoms with Gasteiger partial charge in [0.1, 0.15) is 5.75 Å². The third-order valence-electron chi connectivity index (χ3n) is 3.99. The van der Waals surface area contributed by atoms with Gasteiger partial charge in [-0.05, 0) is 92.0 Å². The van der Waals surface area contributed by atoms with Gasteiger partial charge < -0.3 is 14.8 Å². The Hall–Kier alpha value is -1.81. The van der Waals surface area contributed by atoms with E-state index in [0.717, 1.165) is 11.1 Å². The van der Waals surface area contributed by atoms with Crippen molar-refractivity contribution in [2.75, 3.05) is 13.7 Å². The molecule has 156 valence electrons. The van der Waals surface area contributed by atoms with Crippen molar-refractivity contribution >= 4 is 84.0 Å². The molecule has 1 heterocycles. The molecule has 3 rings (SSSR count). The second-order valence-corrected chi connectivity index (χ2v) is 9.19. The van der Waals surface area contributed by atoms with Gasteiger partial charge in [0, 0.05) is 5.02 Å². The van der Waals surface area contributed by atoms with Gasteiger partial charge in [-0.25, -0.2) is 9.79 Å². The number of halogens is 3. The second-order valence-electron chi connectivity index (χ2n) is 6.04. The standard InChI is InChI=1S/C20H15Br2ClN2O4S/c1-10-14(23)4-3-5-15(10)24-20-25-19(27)16(30-20)8-11-6-12(21)18(13(22)7-11)29-9-17(26)28-2/h3-8H,9H2,1-2H3,(H,24,25,27)/b16-8+. The van der Waals surface area contributed by atoms with E-state index in [9.17, 15) is 9.59 Å². The van der Waals surface area contributed by atoms with Crippen molar-refractivity contribution in [1.29, 1.82) is 0 Å². The molecule has 30 heavy (non-hydrogen) atoms. The molecule has 1 N–H and O–H groups in total. The molecular weight excluding hydrogens is 560 g/mol. The molecule has 0 bridgehead atoms. The number of nitrogens with one attached hydrogen (secondary N) is 1. The summed E-state index contributed by atoms with van der Waals surface area (Å²) in [6.07, 6.45) is 1.74. The Labute approximate surface area is 199 Å². The first-order chi connectivity index (χ1) is 14.3. The highest BCUT2D eigenvalue weighted by atomic mass is 79.9. The highest BCUT2D eigenvalue weighted by molar-refractivity contribution is 9.11. The minimum Gasteiger partial charge on any atom is -0.480 e. The van der Waals surface area contributed by atoms with Crippen LogP contribution in [0.1, 0.15) is 11.1 Å². The Morgan fingerprint density at radius 2 is 2.00 bits per heavy atom. The number of amides is 1. The van der Waals surface area contributed by atoms with Crippen molar-refractivity contribution in [1.82, 2.24) is 5.32 Å². The van der Waals surface area contributed by atoms with Gasteiger partial charge in [0.25, 0.3) is 5.91 Å². The van der Waals surface area contributed by atoms with Gasteiger partial charge in [0.15, 0.2) is 11.8 Å². The van der Waals surface area contributed by atoms with E-state index >= 15 is 0 Å². The third-order valence-corrected chi connectivity index (χ3v) is 6.49. The number of esters is 1. The Morgan fingerprint density at radius 1 is 1.30 bits per heavy atom. The molecule has 1 aliphatic heterocycles. The van der Waals surface area contributed by atoms with Crippen LogP contribution >= 0.6 is 55.2 Å². The molecule has 1 fully saturated rings. The van der Waals surface area contributed by atoms with E-state index in [-0.39, 0.29) is 12.5 Å². The number of nitrogens with zero attached hydrogens (tertiary/aromatic N) is 1. The van der Waals surface area contributed by atoms with Crippen LogP contribution in [0.4, 0.5) is 5.69 Å². The maximum Gasteiger partial charge on any atom is 0.343 e. The highest BCUT2D eigenvalue weighted by Crippen LogP contribution is 2.37. The first-order valence-corrected chi connectivity index (χ1v) is 11.3. The van der Waals surface area contributed by atoms with Crippen molar-refractivity contribution in [2.45, 2.75) is 6.92 Å². The smallest absolute Gasteiger partial charge is 0.343 e. The fourth-order valence-corrected chi connectivity index (χ4v) is 4.90. The number of methoxy groups -OCH3 is 1. The summed E-state index contributed by atoms with van der Waals surface area (Å²) in [4.78, 5) is 28.7. The van der Waals surface area contributed by atoms with Gasteiger partial charge in [-0.2, -0.15) is 0 Å². The van der Waals surface area contributed by atoms with Gasteiger partial charge in [0.05, 0.1) is 26.6 Å². The maximum absolute atomic E-state index is 12.4. The molecule has 2 aromatic rings. The molecule has 1 saturated heterocycles. The lowest BCUT2D eigenvalue weighted by molar-refractivity contribution is -0.142. The molecule has 0 aromatic heterocycles. The largest absolute Gasteiger partial charge is 0.480 e. The van der Waals surface area contributed by atoms with Crippen molar-refractivity contribution in [3.63, 3.8) is 0 Å². The summed E-state index contributed by atoms with van der Waals surface area (Å²) in [6, 6.07) is 9.01. The van der Waals surface area contributed by atoms with Gasteiger partial charge >= 0.3 is 5.97 Å². The normalized spacial score (nSPS) is 16.1. The zero-order valence-electron chi connectivity index (χ0n) is 15.8. The predicted molar refractivity (Wildman–Crippen MR) is 126 cm³/mol. The van der Waals surface area contributed by atoms with Crippen LogP contribution in [0.15, 0.2) is 49.2 Å². The number of carbonyl (C=O) groups is 2. The minimum atomic E-state index is -0.485. The average Bonchev–Trinajstić information content (AvgIpc) is 3.03. The van der Waals surface area contributed by atoms with Crippen LogP contribution in [0.25, 0.3) is 6.08 Å². The van der Waals surface area contributed by atoms with E-state index < -0.39 is 5.97 Å². The Morgan fingerprint density at radius 3 is 2.67 bits per heavy atom. The maximum atomic E-state index is 12.4. The summed E-state index contributed by atoms with van der Waals surface area (Å²) >= 11 is 14.2. The van der Waals surface area contributed by atoms with Gasteiger partial charge in [0.2, 0.25) is 0 Å². The van der Waals surface area contributed by atoms with Gasteiger partial charge in [-0.3, -0.25) is 4.79 Å². The van der Waals surface area contributed by atoms with Crippen molar-refractivity contribution in [3.8, 4) is 5.75 Å². The molecule has 1 amide bonds. The molecule has 0 aliphatic carbocycles. The van der Waals surface area contributed by atoms with Crippen LogP contribution in [0, 0.1) is 6.92 Å². The first-order valence-electron chi connectivity index (χ1n) is 8.52. The quantitative estimate of drug-likeness (QED) is 0.371. The summed E-state index contributed by atoms with van der Waals surface area (Å²) in [6.45, 7) is 1.66. The van der Waals surface area contributed by atoms with Crippen LogP contribution in [-0.4, -0.2) is 30.8 Å². The average molecular weight is 575 g/mol. The number of aliphatic imine (C=N–C) groups is 1. The lowest BCUT2D eigenvalue weighted by Gasteiger charge is -2.10. The first kappa shape index (κ1) is 22.9. The molecule has 0 saturated carbocycles. The number of amidine groups is 1. The SMILES string of the molecule is COC(=O)COc1c(Br)cc(/C=C2/SC(=Nc3cccc(Cl)c3C)NC2=O)cc1Br. The van der Waals surface area contributed by atoms with Gasteiger partial charge in [-0.1, -0.05) is 17.7 Å². The van der Waals surface area contributed by atoms with Crippen molar-refractivity contribution < 1.29 is 19.1 Å². The number of hydrogen-bond acceptors (Lipinski definition) is 6. The van der Waals surface area contributed by atoms with E-state index in [4.69, 9.17) is 16.3 Å². The van der Waals surface area contributed by atoms with Crippen molar-refractivity contribution in [3.05, 3.63) is 60.3 Å². The summed E-state index contributed by atoms with van der Waals surface area (Å²) in [5.41, 5.74) is 2.30. The number of ether oxygens (including phenoxy) is 2. The summed E-state index contributed by atoms with van der Waals surface area (Å²) in [5.74, 6) is -0.262. The molecular formula is C20H15Br2ClN2O4S. The van der Waals surface area contributed by atoms with E-state index in [1.54, 1.807) is 24.3 Å². The zero-order valence-corrected chi connectivity index (χ0v) is 20.5. The van der Waals surface area contributed by atoms with E-state index in [1.165, 1.54) is 18.9 Å². The molecule has 0 spiro atoms. The van der Waals surface area contributed by atoms with Crippen LogP contribution in [-0.2, 0) is 14.3 Å². The van der Waals surface area contributed by atoms with E-state index in [1.807, 2.05) is 19.1 Å².